The van der Waals surface area contributed by atoms with Crippen molar-refractivity contribution in [3.8, 4) is 0 Å². The molecule has 1 amide bonds. The third-order valence-corrected chi connectivity index (χ3v) is 10.0. The van der Waals surface area contributed by atoms with Crippen molar-refractivity contribution >= 4 is 42.6 Å². The zero-order chi connectivity index (χ0) is 25.1. The third-order valence-electron chi connectivity index (χ3n) is 7.04. The van der Waals surface area contributed by atoms with Crippen LogP contribution in [0.2, 0.25) is 0 Å². The van der Waals surface area contributed by atoms with Crippen molar-refractivity contribution in [2.45, 2.75) is 31.1 Å². The van der Waals surface area contributed by atoms with Gasteiger partial charge in [0.2, 0.25) is 10.0 Å². The lowest BCUT2D eigenvalue weighted by molar-refractivity contribution is 0.0947. The SMILES string of the molecule is Cc1cccc2sc(N3CCN(CCNC(=O)c4ccc(S(=O)(=O)N5CCCCC5)cc4)CC3)nc12. The van der Waals surface area contributed by atoms with Crippen LogP contribution in [0.15, 0.2) is 47.4 Å². The quantitative estimate of drug-likeness (QED) is 0.507. The maximum absolute atomic E-state index is 12.8. The Kier molecular flexibility index (Phi) is 7.57. The van der Waals surface area contributed by atoms with Gasteiger partial charge in [-0.2, -0.15) is 4.31 Å². The van der Waals surface area contributed by atoms with Crippen molar-refractivity contribution in [2.75, 3.05) is 57.3 Å². The second-order valence-electron chi connectivity index (χ2n) is 9.49. The highest BCUT2D eigenvalue weighted by atomic mass is 32.2. The van der Waals surface area contributed by atoms with Gasteiger partial charge in [-0.3, -0.25) is 9.69 Å². The van der Waals surface area contributed by atoms with E-state index in [9.17, 15) is 13.2 Å². The molecule has 3 heterocycles. The van der Waals surface area contributed by atoms with Crippen LogP contribution in [0.5, 0.6) is 0 Å². The van der Waals surface area contributed by atoms with E-state index in [1.807, 2.05) is 0 Å². The standard InChI is InChI=1S/C26H33N5O3S2/c1-20-6-5-7-23-24(20)28-26(35-23)30-18-16-29(17-19-30)15-12-27-25(32)21-8-10-22(11-9-21)36(33,34)31-13-3-2-4-14-31/h5-11H,2-4,12-19H2,1H3,(H,27,32). The summed E-state index contributed by atoms with van der Waals surface area (Å²) in [4.78, 5) is 22.4. The van der Waals surface area contributed by atoms with Crippen LogP contribution in [-0.4, -0.2) is 80.9 Å². The molecule has 0 aliphatic carbocycles. The first kappa shape index (κ1) is 25.1. The van der Waals surface area contributed by atoms with E-state index in [4.69, 9.17) is 4.98 Å². The van der Waals surface area contributed by atoms with Crippen LogP contribution in [0.4, 0.5) is 5.13 Å². The molecule has 2 fully saturated rings. The number of thiazole rings is 1. The van der Waals surface area contributed by atoms with E-state index in [1.165, 1.54) is 10.3 Å². The molecule has 0 radical (unpaired) electrons. The number of aromatic nitrogens is 1. The van der Waals surface area contributed by atoms with E-state index in [-0.39, 0.29) is 10.8 Å². The Morgan fingerprint density at radius 3 is 2.39 bits per heavy atom. The van der Waals surface area contributed by atoms with Gasteiger partial charge in [-0.15, -0.1) is 0 Å². The predicted molar refractivity (Wildman–Crippen MR) is 144 cm³/mol. The van der Waals surface area contributed by atoms with Gasteiger partial charge in [0, 0.05) is 57.9 Å². The predicted octanol–water partition coefficient (Wildman–Crippen LogP) is 3.33. The molecule has 0 saturated carbocycles. The van der Waals surface area contributed by atoms with Gasteiger partial charge >= 0.3 is 0 Å². The number of aryl methyl sites for hydroxylation is 1. The summed E-state index contributed by atoms with van der Waals surface area (Å²) in [6.45, 7) is 8.25. The molecular formula is C26H33N5O3S2. The summed E-state index contributed by atoms with van der Waals surface area (Å²) in [6, 6.07) is 12.6. The fourth-order valence-corrected chi connectivity index (χ4v) is 7.45. The Balaban J connectivity index is 1.08. The number of nitrogens with zero attached hydrogens (tertiary/aromatic N) is 4. The molecule has 0 unspecified atom stereocenters. The number of rotatable bonds is 7. The first-order valence-electron chi connectivity index (χ1n) is 12.6. The Hall–Kier alpha value is -2.53. The molecule has 2 aromatic carbocycles. The van der Waals surface area contributed by atoms with Gasteiger partial charge in [0.1, 0.15) is 0 Å². The van der Waals surface area contributed by atoms with Gasteiger partial charge in [0.25, 0.3) is 5.91 Å². The maximum Gasteiger partial charge on any atom is 0.251 e. The number of carbonyl (C=O) groups excluding carboxylic acids is 1. The van der Waals surface area contributed by atoms with Crippen molar-refractivity contribution in [2.24, 2.45) is 0 Å². The second-order valence-corrected chi connectivity index (χ2v) is 12.4. The van der Waals surface area contributed by atoms with Crippen LogP contribution in [-0.2, 0) is 10.0 Å². The Morgan fingerprint density at radius 1 is 0.972 bits per heavy atom. The van der Waals surface area contributed by atoms with E-state index in [0.29, 0.717) is 25.2 Å². The summed E-state index contributed by atoms with van der Waals surface area (Å²) in [6.07, 6.45) is 2.87. The number of benzene rings is 2. The molecule has 0 bridgehead atoms. The average Bonchev–Trinajstić information content (AvgIpc) is 3.35. The molecule has 2 aliphatic rings. The largest absolute Gasteiger partial charge is 0.351 e. The summed E-state index contributed by atoms with van der Waals surface area (Å²) in [5.41, 5.74) is 2.78. The highest BCUT2D eigenvalue weighted by molar-refractivity contribution is 7.89. The van der Waals surface area contributed by atoms with Crippen LogP contribution in [0, 0.1) is 6.92 Å². The van der Waals surface area contributed by atoms with Crippen molar-refractivity contribution in [3.05, 3.63) is 53.6 Å². The lowest BCUT2D eigenvalue weighted by Crippen LogP contribution is -2.48. The second kappa shape index (κ2) is 10.8. The molecular weight excluding hydrogens is 494 g/mol. The molecule has 2 aliphatic heterocycles. The number of nitrogens with one attached hydrogen (secondary N) is 1. The van der Waals surface area contributed by atoms with E-state index >= 15 is 0 Å². The highest BCUT2D eigenvalue weighted by Crippen LogP contribution is 2.31. The fraction of sp³-hybridized carbons (Fsp3) is 0.462. The van der Waals surface area contributed by atoms with Crippen molar-refractivity contribution < 1.29 is 13.2 Å². The summed E-state index contributed by atoms with van der Waals surface area (Å²) in [5, 5.41) is 4.05. The lowest BCUT2D eigenvalue weighted by atomic mass is 10.2. The molecule has 1 aromatic heterocycles. The first-order valence-corrected chi connectivity index (χ1v) is 14.9. The first-order chi connectivity index (χ1) is 17.4. The topological polar surface area (TPSA) is 85.8 Å². The van der Waals surface area contributed by atoms with Crippen LogP contribution in [0.25, 0.3) is 10.2 Å². The van der Waals surface area contributed by atoms with Gasteiger partial charge in [-0.1, -0.05) is 29.9 Å². The van der Waals surface area contributed by atoms with Gasteiger partial charge < -0.3 is 10.2 Å². The molecule has 0 atom stereocenters. The number of hydrogen-bond acceptors (Lipinski definition) is 7. The Morgan fingerprint density at radius 2 is 1.69 bits per heavy atom. The minimum atomic E-state index is -3.48. The molecule has 5 rings (SSSR count). The number of piperidine rings is 1. The number of anilines is 1. The van der Waals surface area contributed by atoms with Gasteiger partial charge in [0.15, 0.2) is 5.13 Å². The molecule has 10 heteroatoms. The number of piperazine rings is 1. The molecule has 192 valence electrons. The Labute approximate surface area is 217 Å². The van der Waals surface area contributed by atoms with Crippen LogP contribution >= 0.6 is 11.3 Å². The number of carbonyl (C=O) groups is 1. The van der Waals surface area contributed by atoms with Crippen LogP contribution < -0.4 is 10.2 Å². The summed E-state index contributed by atoms with van der Waals surface area (Å²) in [5.74, 6) is -0.180. The van der Waals surface area contributed by atoms with E-state index < -0.39 is 10.0 Å². The molecule has 8 nitrogen and oxygen atoms in total. The number of hydrogen-bond donors (Lipinski definition) is 1. The molecule has 1 N–H and O–H groups in total. The van der Waals surface area contributed by atoms with Gasteiger partial charge in [-0.05, 0) is 55.7 Å². The zero-order valence-corrected chi connectivity index (χ0v) is 22.3. The summed E-state index contributed by atoms with van der Waals surface area (Å²) in [7, 11) is -3.48. The monoisotopic (exact) mass is 527 g/mol. The zero-order valence-electron chi connectivity index (χ0n) is 20.6. The molecule has 0 spiro atoms. The third kappa shape index (κ3) is 5.41. The summed E-state index contributed by atoms with van der Waals surface area (Å²) < 4.78 is 28.4. The summed E-state index contributed by atoms with van der Waals surface area (Å²) >= 11 is 1.75. The van der Waals surface area contributed by atoms with E-state index in [1.54, 1.807) is 39.9 Å². The average molecular weight is 528 g/mol. The van der Waals surface area contributed by atoms with Crippen LogP contribution in [0.3, 0.4) is 0 Å². The van der Waals surface area contributed by atoms with E-state index in [0.717, 1.165) is 62.6 Å². The Bertz CT molecular complexity index is 1310. The molecule has 36 heavy (non-hydrogen) atoms. The number of sulfonamides is 1. The number of para-hydroxylation sites is 1. The highest BCUT2D eigenvalue weighted by Gasteiger charge is 2.26. The molecule has 3 aromatic rings. The van der Waals surface area contributed by atoms with E-state index in [2.05, 4.69) is 40.2 Å². The minimum Gasteiger partial charge on any atom is -0.351 e. The fourth-order valence-electron chi connectivity index (χ4n) is 4.83. The lowest BCUT2D eigenvalue weighted by Gasteiger charge is -2.34. The van der Waals surface area contributed by atoms with Gasteiger partial charge in [-0.25, -0.2) is 13.4 Å². The van der Waals surface area contributed by atoms with Crippen molar-refractivity contribution in [1.29, 1.82) is 0 Å². The van der Waals surface area contributed by atoms with Crippen molar-refractivity contribution in [3.63, 3.8) is 0 Å². The maximum atomic E-state index is 12.8. The molecule has 2 saturated heterocycles. The normalized spacial score (nSPS) is 18.0. The number of fused-ring (bicyclic) bond motifs is 1. The van der Waals surface area contributed by atoms with Gasteiger partial charge in [0.05, 0.1) is 15.1 Å². The van der Waals surface area contributed by atoms with Crippen LogP contribution in [0.1, 0.15) is 35.2 Å². The minimum absolute atomic E-state index is 0.180. The van der Waals surface area contributed by atoms with Crippen molar-refractivity contribution in [1.82, 2.24) is 19.5 Å². The number of amides is 1. The smallest absolute Gasteiger partial charge is 0.251 e.